The number of nitrogens with one attached hydrogen (secondary N) is 1. The summed E-state index contributed by atoms with van der Waals surface area (Å²) in [4.78, 5) is 14.1. The quantitative estimate of drug-likeness (QED) is 0.614. The first-order chi connectivity index (χ1) is 12.6. The minimum atomic E-state index is 0.0725. The minimum absolute atomic E-state index is 0.0725. The van der Waals surface area contributed by atoms with Gasteiger partial charge in [-0.05, 0) is 24.6 Å². The van der Waals surface area contributed by atoms with Crippen LogP contribution in [0.4, 0.5) is 10.8 Å². The average Bonchev–Trinajstić information content (AvgIpc) is 3.09. The zero-order chi connectivity index (χ0) is 18.4. The van der Waals surface area contributed by atoms with Gasteiger partial charge in [-0.2, -0.15) is 0 Å². The Labute approximate surface area is 161 Å². The van der Waals surface area contributed by atoms with Gasteiger partial charge in [0, 0.05) is 19.3 Å². The van der Waals surface area contributed by atoms with Crippen LogP contribution in [-0.4, -0.2) is 33.8 Å². The Morgan fingerprint density at radius 2 is 1.85 bits per heavy atom. The van der Waals surface area contributed by atoms with Crippen molar-refractivity contribution in [2.45, 2.75) is 17.8 Å². The van der Waals surface area contributed by atoms with Crippen LogP contribution in [0.2, 0.25) is 0 Å². The lowest BCUT2D eigenvalue weighted by atomic mass is 10.1. The summed E-state index contributed by atoms with van der Waals surface area (Å²) in [5, 5.41) is 12.2. The van der Waals surface area contributed by atoms with Gasteiger partial charge in [-0.3, -0.25) is 4.79 Å². The number of benzene rings is 2. The summed E-state index contributed by atoms with van der Waals surface area (Å²) in [6.07, 6.45) is 0. The van der Waals surface area contributed by atoms with Gasteiger partial charge in [-0.15, -0.1) is 10.2 Å². The molecule has 0 aliphatic carbocycles. The Hall–Kier alpha value is -2.38. The predicted octanol–water partition coefficient (Wildman–Crippen LogP) is 4.34. The molecule has 1 aromatic heterocycles. The van der Waals surface area contributed by atoms with Crippen molar-refractivity contribution in [2.75, 3.05) is 18.1 Å². The van der Waals surface area contributed by atoms with Crippen LogP contribution in [0, 0.1) is 6.92 Å². The number of anilines is 2. The number of nitrogens with zero attached hydrogens (tertiary/aromatic N) is 3. The number of para-hydroxylation sites is 1. The maximum absolute atomic E-state index is 12.3. The summed E-state index contributed by atoms with van der Waals surface area (Å²) in [7, 11) is 1.82. The number of aromatic nitrogens is 2. The van der Waals surface area contributed by atoms with Crippen LogP contribution < -0.4 is 5.32 Å². The van der Waals surface area contributed by atoms with E-state index in [1.54, 1.807) is 4.90 Å². The van der Waals surface area contributed by atoms with Gasteiger partial charge >= 0.3 is 0 Å². The SMILES string of the molecule is Cc1ccc(CN(C)C(=O)CSc2nnc(Nc3ccccc3)s2)cc1. The maximum atomic E-state index is 12.3. The molecular weight excluding hydrogens is 364 g/mol. The molecule has 0 saturated carbocycles. The Morgan fingerprint density at radius 1 is 1.12 bits per heavy atom. The van der Waals surface area contributed by atoms with Crippen LogP contribution in [0.5, 0.6) is 0 Å². The van der Waals surface area contributed by atoms with Gasteiger partial charge in [0.15, 0.2) is 4.34 Å². The number of carbonyl (C=O) groups is 1. The van der Waals surface area contributed by atoms with E-state index in [4.69, 9.17) is 0 Å². The van der Waals surface area contributed by atoms with Gasteiger partial charge in [0.1, 0.15) is 0 Å². The van der Waals surface area contributed by atoms with Crippen LogP contribution in [-0.2, 0) is 11.3 Å². The van der Waals surface area contributed by atoms with Crippen LogP contribution in [0.3, 0.4) is 0 Å². The lowest BCUT2D eigenvalue weighted by Gasteiger charge is -2.16. The third kappa shape index (κ3) is 5.31. The summed E-state index contributed by atoms with van der Waals surface area (Å²) in [5.74, 6) is 0.422. The fourth-order valence-electron chi connectivity index (χ4n) is 2.25. The van der Waals surface area contributed by atoms with Gasteiger partial charge in [0.25, 0.3) is 0 Å². The normalized spacial score (nSPS) is 10.5. The molecule has 0 radical (unpaired) electrons. The summed E-state index contributed by atoms with van der Waals surface area (Å²) in [6.45, 7) is 2.66. The molecule has 26 heavy (non-hydrogen) atoms. The third-order valence-corrected chi connectivity index (χ3v) is 5.67. The third-order valence-electron chi connectivity index (χ3n) is 3.72. The molecule has 134 valence electrons. The Kier molecular flexibility index (Phi) is 6.25. The highest BCUT2D eigenvalue weighted by atomic mass is 32.2. The number of aryl methyl sites for hydroxylation is 1. The topological polar surface area (TPSA) is 58.1 Å². The van der Waals surface area contributed by atoms with Gasteiger partial charge in [0.2, 0.25) is 11.0 Å². The first-order valence-corrected chi connectivity index (χ1v) is 9.98. The summed E-state index contributed by atoms with van der Waals surface area (Å²) in [6, 6.07) is 18.1. The van der Waals surface area contributed by atoms with Gasteiger partial charge in [-0.1, -0.05) is 71.1 Å². The monoisotopic (exact) mass is 384 g/mol. The van der Waals surface area contributed by atoms with E-state index in [0.29, 0.717) is 12.3 Å². The number of hydrogen-bond acceptors (Lipinski definition) is 6. The molecule has 3 rings (SSSR count). The largest absolute Gasteiger partial charge is 0.341 e. The lowest BCUT2D eigenvalue weighted by molar-refractivity contribution is -0.127. The van der Waals surface area contributed by atoms with E-state index in [0.717, 1.165) is 20.7 Å². The van der Waals surface area contributed by atoms with Crippen molar-refractivity contribution >= 4 is 39.8 Å². The molecule has 0 aliphatic rings. The first kappa shape index (κ1) is 18.4. The van der Waals surface area contributed by atoms with E-state index < -0.39 is 0 Å². The number of amides is 1. The predicted molar refractivity (Wildman–Crippen MR) is 108 cm³/mol. The summed E-state index contributed by atoms with van der Waals surface area (Å²) >= 11 is 2.86. The first-order valence-electron chi connectivity index (χ1n) is 8.18. The molecule has 0 fully saturated rings. The number of thioether (sulfide) groups is 1. The molecular formula is C19H20N4OS2. The molecule has 0 atom stereocenters. The minimum Gasteiger partial charge on any atom is -0.341 e. The van der Waals surface area contributed by atoms with Gasteiger partial charge < -0.3 is 10.2 Å². The zero-order valence-corrected chi connectivity index (χ0v) is 16.3. The smallest absolute Gasteiger partial charge is 0.233 e. The second kappa shape index (κ2) is 8.82. The second-order valence-corrected chi connectivity index (χ2v) is 8.09. The average molecular weight is 385 g/mol. The second-order valence-electron chi connectivity index (χ2n) is 5.89. The number of carbonyl (C=O) groups excluding carboxylic acids is 1. The van der Waals surface area contributed by atoms with E-state index in [1.165, 1.54) is 28.7 Å². The van der Waals surface area contributed by atoms with Crippen LogP contribution in [0.1, 0.15) is 11.1 Å². The Balaban J connectivity index is 1.49. The van der Waals surface area contributed by atoms with E-state index in [9.17, 15) is 4.79 Å². The van der Waals surface area contributed by atoms with E-state index in [-0.39, 0.29) is 5.91 Å². The van der Waals surface area contributed by atoms with Crippen molar-refractivity contribution in [1.29, 1.82) is 0 Å². The molecule has 7 heteroatoms. The number of hydrogen-bond donors (Lipinski definition) is 1. The molecule has 2 aromatic carbocycles. The molecule has 1 N–H and O–H groups in total. The van der Waals surface area contributed by atoms with Crippen molar-refractivity contribution in [1.82, 2.24) is 15.1 Å². The van der Waals surface area contributed by atoms with Crippen LogP contribution in [0.25, 0.3) is 0 Å². The molecule has 0 saturated heterocycles. The highest BCUT2D eigenvalue weighted by Crippen LogP contribution is 2.27. The molecule has 0 spiro atoms. The Morgan fingerprint density at radius 3 is 2.58 bits per heavy atom. The molecule has 5 nitrogen and oxygen atoms in total. The standard InChI is InChI=1S/C19H20N4OS2/c1-14-8-10-15(11-9-14)12-23(2)17(24)13-25-19-22-21-18(26-19)20-16-6-4-3-5-7-16/h3-11H,12-13H2,1-2H3,(H,20,21). The van der Waals surface area contributed by atoms with Gasteiger partial charge in [0.05, 0.1) is 5.75 Å². The lowest BCUT2D eigenvalue weighted by Crippen LogP contribution is -2.27. The molecule has 1 heterocycles. The van der Waals surface area contributed by atoms with Crippen molar-refractivity contribution in [3.05, 3.63) is 65.7 Å². The van der Waals surface area contributed by atoms with Crippen molar-refractivity contribution < 1.29 is 4.79 Å². The maximum Gasteiger partial charge on any atom is 0.233 e. The van der Waals surface area contributed by atoms with Crippen molar-refractivity contribution in [3.8, 4) is 0 Å². The van der Waals surface area contributed by atoms with E-state index in [2.05, 4.69) is 46.7 Å². The van der Waals surface area contributed by atoms with Crippen LogP contribution >= 0.6 is 23.1 Å². The highest BCUT2D eigenvalue weighted by molar-refractivity contribution is 8.01. The van der Waals surface area contributed by atoms with Crippen LogP contribution in [0.15, 0.2) is 58.9 Å². The molecule has 1 amide bonds. The fraction of sp³-hybridized carbons (Fsp3) is 0.211. The molecule has 0 bridgehead atoms. The van der Waals surface area contributed by atoms with E-state index >= 15 is 0 Å². The molecule has 0 aliphatic heterocycles. The molecule has 0 unspecified atom stereocenters. The summed E-state index contributed by atoms with van der Waals surface area (Å²) in [5.41, 5.74) is 3.31. The van der Waals surface area contributed by atoms with Crippen molar-refractivity contribution in [2.24, 2.45) is 0 Å². The fourth-order valence-corrected chi connectivity index (χ4v) is 3.97. The van der Waals surface area contributed by atoms with Crippen molar-refractivity contribution in [3.63, 3.8) is 0 Å². The highest BCUT2D eigenvalue weighted by Gasteiger charge is 2.12. The zero-order valence-electron chi connectivity index (χ0n) is 14.7. The number of rotatable bonds is 7. The Bertz CT molecular complexity index is 849. The van der Waals surface area contributed by atoms with Gasteiger partial charge in [-0.25, -0.2) is 0 Å². The molecule has 3 aromatic rings. The summed E-state index contributed by atoms with van der Waals surface area (Å²) < 4.78 is 0.778. The van der Waals surface area contributed by atoms with E-state index in [1.807, 2.05) is 37.4 Å².